The van der Waals surface area contributed by atoms with Gasteiger partial charge in [-0.1, -0.05) is 13.8 Å². The average Bonchev–Trinajstić information content (AvgIpc) is 2.30. The predicted octanol–water partition coefficient (Wildman–Crippen LogP) is 0.495. The number of sulfonamides is 1. The van der Waals surface area contributed by atoms with E-state index in [2.05, 4.69) is 5.10 Å². The van der Waals surface area contributed by atoms with Crippen LogP contribution >= 0.6 is 0 Å². The minimum Gasteiger partial charge on any atom is -0.268 e. The van der Waals surface area contributed by atoms with Crippen molar-refractivity contribution in [3.63, 3.8) is 0 Å². The maximum atomic E-state index is 11.1. The Hall–Kier alpha value is -0.880. The Kier molecular flexibility index (Phi) is 2.96. The summed E-state index contributed by atoms with van der Waals surface area (Å²) < 4.78 is 23.8. The van der Waals surface area contributed by atoms with Crippen molar-refractivity contribution in [2.24, 2.45) is 11.1 Å². The monoisotopic (exact) mass is 217 g/mol. The molecule has 2 N–H and O–H groups in total. The number of nitrogens with two attached hydrogens (primary N) is 1. The predicted molar refractivity (Wildman–Crippen MR) is 53.2 cm³/mol. The summed E-state index contributed by atoms with van der Waals surface area (Å²) in [5.74, 6) is 0.418. The summed E-state index contributed by atoms with van der Waals surface area (Å²) >= 11 is 0. The molecule has 0 atom stereocenters. The lowest BCUT2D eigenvalue weighted by atomic mass is 10.2. The summed E-state index contributed by atoms with van der Waals surface area (Å²) in [5, 5.41) is 9.00. The number of hydrogen-bond donors (Lipinski definition) is 1. The van der Waals surface area contributed by atoms with Crippen LogP contribution in [0.3, 0.4) is 0 Å². The Morgan fingerprint density at radius 2 is 2.14 bits per heavy atom. The van der Waals surface area contributed by atoms with Gasteiger partial charge in [0.25, 0.3) is 0 Å². The molecular formula is C8H15N3O2S. The molecular weight excluding hydrogens is 202 g/mol. The Labute approximate surface area is 84.0 Å². The minimum atomic E-state index is -3.63. The molecule has 0 aliphatic carbocycles. The van der Waals surface area contributed by atoms with Crippen molar-refractivity contribution in [2.45, 2.75) is 32.2 Å². The number of nitrogens with zero attached hydrogens (tertiary/aromatic N) is 2. The van der Waals surface area contributed by atoms with Gasteiger partial charge in [0.1, 0.15) is 4.90 Å². The van der Waals surface area contributed by atoms with E-state index in [4.69, 9.17) is 5.14 Å². The quantitative estimate of drug-likeness (QED) is 0.800. The normalized spacial score (nSPS) is 12.4. The maximum absolute atomic E-state index is 11.1. The number of rotatable bonds is 3. The highest BCUT2D eigenvalue weighted by Gasteiger charge is 2.16. The lowest BCUT2D eigenvalue weighted by molar-refractivity contribution is 0.473. The molecule has 5 nitrogen and oxygen atoms in total. The molecule has 6 heteroatoms. The van der Waals surface area contributed by atoms with Gasteiger partial charge in [0.2, 0.25) is 10.0 Å². The van der Waals surface area contributed by atoms with Crippen molar-refractivity contribution in [3.8, 4) is 0 Å². The molecule has 0 aliphatic heterocycles. The van der Waals surface area contributed by atoms with E-state index < -0.39 is 10.0 Å². The van der Waals surface area contributed by atoms with E-state index in [0.29, 0.717) is 18.2 Å². The molecule has 0 aromatic carbocycles. The number of hydrogen-bond acceptors (Lipinski definition) is 3. The van der Waals surface area contributed by atoms with E-state index in [-0.39, 0.29) is 4.90 Å². The van der Waals surface area contributed by atoms with Gasteiger partial charge in [-0.2, -0.15) is 5.10 Å². The molecule has 0 aliphatic rings. The molecule has 0 spiro atoms. The molecule has 0 fully saturated rings. The van der Waals surface area contributed by atoms with Gasteiger partial charge in [0.15, 0.2) is 0 Å². The van der Waals surface area contributed by atoms with Crippen LogP contribution in [0, 0.1) is 12.8 Å². The van der Waals surface area contributed by atoms with E-state index in [0.717, 1.165) is 0 Å². The van der Waals surface area contributed by atoms with Crippen molar-refractivity contribution in [2.75, 3.05) is 0 Å². The van der Waals surface area contributed by atoms with E-state index in [1.807, 2.05) is 13.8 Å². The summed E-state index contributed by atoms with van der Waals surface area (Å²) in [6, 6.07) is 0. The van der Waals surface area contributed by atoms with E-state index in [1.165, 1.54) is 6.20 Å². The summed E-state index contributed by atoms with van der Waals surface area (Å²) in [5.41, 5.74) is 0.598. The van der Waals surface area contributed by atoms with Crippen LogP contribution in [0.5, 0.6) is 0 Å². The lowest BCUT2D eigenvalue weighted by Crippen LogP contribution is -2.14. The molecule has 0 amide bonds. The Bertz CT molecular complexity index is 420. The molecule has 0 saturated heterocycles. The van der Waals surface area contributed by atoms with Gasteiger partial charge < -0.3 is 0 Å². The van der Waals surface area contributed by atoms with Crippen molar-refractivity contribution in [1.29, 1.82) is 0 Å². The van der Waals surface area contributed by atoms with Crippen LogP contribution in [0.2, 0.25) is 0 Å². The van der Waals surface area contributed by atoms with Crippen LogP contribution in [-0.4, -0.2) is 18.2 Å². The third-order valence-corrected chi connectivity index (χ3v) is 2.92. The standard InChI is InChI=1S/C8H15N3O2S/c1-6(2)5-11-7(3)8(4-10-11)14(9,12)13/h4,6H,5H2,1-3H3,(H2,9,12,13). The van der Waals surface area contributed by atoms with Crippen molar-refractivity contribution in [3.05, 3.63) is 11.9 Å². The van der Waals surface area contributed by atoms with E-state index >= 15 is 0 Å². The molecule has 1 aromatic heterocycles. The van der Waals surface area contributed by atoms with Crippen LogP contribution in [0.25, 0.3) is 0 Å². The van der Waals surface area contributed by atoms with Gasteiger partial charge in [0.05, 0.1) is 11.9 Å². The molecule has 0 bridgehead atoms. The zero-order chi connectivity index (χ0) is 10.9. The SMILES string of the molecule is Cc1c(S(N)(=O)=O)cnn1CC(C)C. The Morgan fingerprint density at radius 3 is 2.50 bits per heavy atom. The molecule has 14 heavy (non-hydrogen) atoms. The first kappa shape index (κ1) is 11.2. The molecule has 1 rings (SSSR count). The van der Waals surface area contributed by atoms with Crippen LogP contribution in [0.4, 0.5) is 0 Å². The van der Waals surface area contributed by atoms with Gasteiger partial charge in [0, 0.05) is 6.54 Å². The average molecular weight is 217 g/mol. The fourth-order valence-electron chi connectivity index (χ4n) is 1.24. The van der Waals surface area contributed by atoms with Gasteiger partial charge in [-0.15, -0.1) is 0 Å². The largest absolute Gasteiger partial charge is 0.268 e. The summed E-state index contributed by atoms with van der Waals surface area (Å²) in [7, 11) is -3.63. The first-order valence-electron chi connectivity index (χ1n) is 4.37. The molecule has 0 saturated carbocycles. The minimum absolute atomic E-state index is 0.109. The second kappa shape index (κ2) is 3.70. The van der Waals surface area contributed by atoms with Crippen LogP contribution in [0.15, 0.2) is 11.1 Å². The lowest BCUT2D eigenvalue weighted by Gasteiger charge is -2.07. The first-order chi connectivity index (χ1) is 6.32. The molecule has 0 radical (unpaired) electrons. The first-order valence-corrected chi connectivity index (χ1v) is 5.92. The van der Waals surface area contributed by atoms with Crippen molar-refractivity contribution >= 4 is 10.0 Å². The molecule has 80 valence electrons. The molecule has 1 heterocycles. The fourth-order valence-corrected chi connectivity index (χ4v) is 1.95. The highest BCUT2D eigenvalue weighted by atomic mass is 32.2. The van der Waals surface area contributed by atoms with Crippen LogP contribution in [0.1, 0.15) is 19.5 Å². The zero-order valence-electron chi connectivity index (χ0n) is 8.56. The fraction of sp³-hybridized carbons (Fsp3) is 0.625. The summed E-state index contributed by atoms with van der Waals surface area (Å²) in [6.45, 7) is 6.48. The smallest absolute Gasteiger partial charge is 0.241 e. The summed E-state index contributed by atoms with van der Waals surface area (Å²) in [6.07, 6.45) is 1.30. The molecule has 0 unspecified atom stereocenters. The number of primary sulfonamides is 1. The highest BCUT2D eigenvalue weighted by Crippen LogP contribution is 2.13. The second-order valence-electron chi connectivity index (χ2n) is 3.72. The second-order valence-corrected chi connectivity index (χ2v) is 5.25. The Balaban J connectivity index is 3.09. The maximum Gasteiger partial charge on any atom is 0.241 e. The highest BCUT2D eigenvalue weighted by molar-refractivity contribution is 7.89. The van der Waals surface area contributed by atoms with E-state index in [9.17, 15) is 8.42 Å². The van der Waals surface area contributed by atoms with Crippen LogP contribution < -0.4 is 5.14 Å². The van der Waals surface area contributed by atoms with Crippen LogP contribution in [-0.2, 0) is 16.6 Å². The summed E-state index contributed by atoms with van der Waals surface area (Å²) in [4.78, 5) is 0.109. The van der Waals surface area contributed by atoms with Gasteiger partial charge in [-0.05, 0) is 12.8 Å². The van der Waals surface area contributed by atoms with E-state index in [1.54, 1.807) is 11.6 Å². The van der Waals surface area contributed by atoms with Gasteiger partial charge >= 0.3 is 0 Å². The van der Waals surface area contributed by atoms with Crippen molar-refractivity contribution < 1.29 is 8.42 Å². The van der Waals surface area contributed by atoms with Gasteiger partial charge in [-0.25, -0.2) is 13.6 Å². The topological polar surface area (TPSA) is 78.0 Å². The number of aromatic nitrogens is 2. The third-order valence-electron chi connectivity index (χ3n) is 1.90. The zero-order valence-corrected chi connectivity index (χ0v) is 9.37. The molecule has 1 aromatic rings. The third kappa shape index (κ3) is 2.33. The van der Waals surface area contributed by atoms with Crippen molar-refractivity contribution in [1.82, 2.24) is 9.78 Å². The Morgan fingerprint density at radius 1 is 1.57 bits per heavy atom. The van der Waals surface area contributed by atoms with Gasteiger partial charge in [-0.3, -0.25) is 4.68 Å².